The van der Waals surface area contributed by atoms with Crippen LogP contribution in [0.25, 0.3) is 0 Å². The summed E-state index contributed by atoms with van der Waals surface area (Å²) in [4.78, 5) is 10.6. The van der Waals surface area contributed by atoms with Crippen molar-refractivity contribution < 1.29 is 19.0 Å². The average Bonchev–Trinajstić information content (AvgIpc) is 2.38. The summed E-state index contributed by atoms with van der Waals surface area (Å²) in [6, 6.07) is 5.93. The molecule has 0 saturated carbocycles. The van der Waals surface area contributed by atoms with Crippen molar-refractivity contribution in [3.63, 3.8) is 0 Å². The standard InChI is InChI=1S/C14H7FO3/c15-10-4-2-1-3-5-11-18-13-8-6-12(7-9-13)14(16)17/h6-9H,11H2,(H,16,17). The predicted molar refractivity (Wildman–Crippen MR) is 63.3 cm³/mol. The minimum absolute atomic E-state index is 0.101. The number of halogens is 1. The summed E-state index contributed by atoms with van der Waals surface area (Å²) in [5.74, 6) is 10.9. The Balaban J connectivity index is 2.47. The van der Waals surface area contributed by atoms with Crippen molar-refractivity contribution in [2.24, 2.45) is 0 Å². The first-order valence-corrected chi connectivity index (χ1v) is 4.78. The van der Waals surface area contributed by atoms with Gasteiger partial charge in [0.2, 0.25) is 0 Å². The van der Waals surface area contributed by atoms with Crippen LogP contribution >= 0.6 is 0 Å². The van der Waals surface area contributed by atoms with Crippen LogP contribution < -0.4 is 4.74 Å². The molecule has 0 radical (unpaired) electrons. The number of carboxylic acid groups (broad SMARTS) is 1. The fraction of sp³-hybridized carbons (Fsp3) is 0.0714. The lowest BCUT2D eigenvalue weighted by Gasteiger charge is -2.01. The second-order valence-corrected chi connectivity index (χ2v) is 2.89. The van der Waals surface area contributed by atoms with Crippen molar-refractivity contribution in [1.82, 2.24) is 0 Å². The molecule has 0 amide bonds. The zero-order valence-corrected chi connectivity index (χ0v) is 9.16. The third-order valence-electron chi connectivity index (χ3n) is 1.74. The minimum atomic E-state index is -0.995. The van der Waals surface area contributed by atoms with Crippen molar-refractivity contribution >= 4 is 5.97 Å². The van der Waals surface area contributed by atoms with Crippen LogP contribution in [0.2, 0.25) is 0 Å². The van der Waals surface area contributed by atoms with Gasteiger partial charge in [-0.25, -0.2) is 4.79 Å². The first-order valence-electron chi connectivity index (χ1n) is 4.78. The SMILES string of the molecule is O=C(O)c1ccc(OCC#CC#CC#CF)cc1. The van der Waals surface area contributed by atoms with Gasteiger partial charge in [0.1, 0.15) is 18.5 Å². The molecule has 0 bridgehead atoms. The van der Waals surface area contributed by atoms with Crippen molar-refractivity contribution in [3.8, 4) is 41.5 Å². The third-order valence-corrected chi connectivity index (χ3v) is 1.74. The van der Waals surface area contributed by atoms with Gasteiger partial charge in [0.05, 0.1) is 5.56 Å². The van der Waals surface area contributed by atoms with E-state index in [9.17, 15) is 9.18 Å². The lowest BCUT2D eigenvalue weighted by molar-refractivity contribution is 0.0697. The predicted octanol–water partition coefficient (Wildman–Crippen LogP) is 1.70. The Labute approximate surface area is 104 Å². The number of rotatable bonds is 3. The van der Waals surface area contributed by atoms with Crippen LogP contribution in [0.5, 0.6) is 5.75 Å². The topological polar surface area (TPSA) is 46.5 Å². The van der Waals surface area contributed by atoms with E-state index in [1.165, 1.54) is 24.3 Å². The molecule has 1 N–H and O–H groups in total. The van der Waals surface area contributed by atoms with Crippen molar-refractivity contribution in [2.45, 2.75) is 0 Å². The van der Waals surface area contributed by atoms with Crippen LogP contribution in [-0.4, -0.2) is 17.7 Å². The van der Waals surface area contributed by atoms with Crippen molar-refractivity contribution in [1.29, 1.82) is 0 Å². The molecule has 0 heterocycles. The van der Waals surface area contributed by atoms with E-state index < -0.39 is 5.97 Å². The Hall–Kier alpha value is -2.90. The van der Waals surface area contributed by atoms with E-state index in [-0.39, 0.29) is 12.2 Å². The smallest absolute Gasteiger partial charge is 0.335 e. The normalized spacial score (nSPS) is 7.61. The van der Waals surface area contributed by atoms with E-state index in [0.29, 0.717) is 5.75 Å². The number of hydrogen-bond donors (Lipinski definition) is 1. The first-order chi connectivity index (χ1) is 8.74. The maximum Gasteiger partial charge on any atom is 0.335 e. The lowest BCUT2D eigenvalue weighted by atomic mass is 10.2. The lowest BCUT2D eigenvalue weighted by Crippen LogP contribution is -1.97. The van der Waals surface area contributed by atoms with E-state index in [2.05, 4.69) is 23.7 Å². The van der Waals surface area contributed by atoms with E-state index in [0.717, 1.165) is 6.17 Å². The van der Waals surface area contributed by atoms with Crippen LogP contribution in [0, 0.1) is 35.8 Å². The van der Waals surface area contributed by atoms with Gasteiger partial charge in [-0.2, -0.15) is 0 Å². The van der Waals surface area contributed by atoms with E-state index in [4.69, 9.17) is 9.84 Å². The first kappa shape index (κ1) is 13.2. The van der Waals surface area contributed by atoms with Crippen LogP contribution in [0.1, 0.15) is 10.4 Å². The second kappa shape index (κ2) is 7.39. The molecule has 0 aliphatic rings. The summed E-state index contributed by atoms with van der Waals surface area (Å²) in [6.07, 6.45) is 1.13. The number of hydrogen-bond acceptors (Lipinski definition) is 2. The van der Waals surface area contributed by atoms with Gasteiger partial charge in [-0.1, -0.05) is 0 Å². The molecular weight excluding hydrogens is 235 g/mol. The largest absolute Gasteiger partial charge is 0.481 e. The summed E-state index contributed by atoms with van der Waals surface area (Å²) < 4.78 is 16.5. The van der Waals surface area contributed by atoms with E-state index in [1.807, 2.05) is 5.92 Å². The molecular formula is C14H7FO3. The highest BCUT2D eigenvalue weighted by Crippen LogP contribution is 2.11. The van der Waals surface area contributed by atoms with Gasteiger partial charge in [-0.15, -0.1) is 4.39 Å². The maximum atomic E-state index is 11.3. The van der Waals surface area contributed by atoms with Gasteiger partial charge in [0, 0.05) is 11.8 Å². The fourth-order valence-electron chi connectivity index (χ4n) is 0.980. The summed E-state index contributed by atoms with van der Waals surface area (Å²) in [7, 11) is 0. The Morgan fingerprint density at radius 1 is 1.17 bits per heavy atom. The summed E-state index contributed by atoms with van der Waals surface area (Å²) in [6.45, 7) is 0.101. The van der Waals surface area contributed by atoms with Crippen molar-refractivity contribution in [2.75, 3.05) is 6.61 Å². The van der Waals surface area contributed by atoms with E-state index >= 15 is 0 Å². The van der Waals surface area contributed by atoms with Gasteiger partial charge in [0.25, 0.3) is 0 Å². The number of aromatic carboxylic acids is 1. The molecule has 0 saturated heterocycles. The molecule has 4 heteroatoms. The molecule has 0 aliphatic carbocycles. The third kappa shape index (κ3) is 4.75. The summed E-state index contributed by atoms with van der Waals surface area (Å²) in [5.41, 5.74) is 0.184. The number of ether oxygens (including phenoxy) is 1. The Kier molecular flexibility index (Phi) is 5.40. The van der Waals surface area contributed by atoms with E-state index in [1.54, 1.807) is 0 Å². The molecule has 0 fully saturated rings. The van der Waals surface area contributed by atoms with Crippen LogP contribution in [-0.2, 0) is 0 Å². The molecule has 1 aromatic carbocycles. The zero-order chi connectivity index (χ0) is 13.2. The van der Waals surface area contributed by atoms with Crippen molar-refractivity contribution in [3.05, 3.63) is 29.8 Å². The van der Waals surface area contributed by atoms with Gasteiger partial charge < -0.3 is 9.84 Å². The number of benzene rings is 1. The Bertz CT molecular complexity index is 598. The molecule has 1 rings (SSSR count). The minimum Gasteiger partial charge on any atom is -0.481 e. The molecule has 0 unspecified atom stereocenters. The molecule has 3 nitrogen and oxygen atoms in total. The quantitative estimate of drug-likeness (QED) is 0.820. The zero-order valence-electron chi connectivity index (χ0n) is 9.16. The number of carbonyl (C=O) groups is 1. The highest BCUT2D eigenvalue weighted by molar-refractivity contribution is 5.87. The molecule has 0 aromatic heterocycles. The Morgan fingerprint density at radius 3 is 2.44 bits per heavy atom. The molecule has 88 valence electrons. The van der Waals surface area contributed by atoms with Gasteiger partial charge in [-0.05, 0) is 42.0 Å². The average molecular weight is 242 g/mol. The Morgan fingerprint density at radius 2 is 1.83 bits per heavy atom. The van der Waals surface area contributed by atoms with Crippen LogP contribution in [0.4, 0.5) is 4.39 Å². The molecule has 0 aliphatic heterocycles. The highest BCUT2D eigenvalue weighted by atomic mass is 19.1. The van der Waals surface area contributed by atoms with Gasteiger partial charge in [0.15, 0.2) is 0 Å². The van der Waals surface area contributed by atoms with Gasteiger partial charge >= 0.3 is 5.97 Å². The summed E-state index contributed by atoms with van der Waals surface area (Å²) >= 11 is 0. The van der Waals surface area contributed by atoms with Crippen LogP contribution in [0.15, 0.2) is 24.3 Å². The molecule has 0 atom stereocenters. The fourth-order valence-corrected chi connectivity index (χ4v) is 0.980. The van der Waals surface area contributed by atoms with Crippen LogP contribution in [0.3, 0.4) is 0 Å². The van der Waals surface area contributed by atoms with Gasteiger partial charge in [-0.3, -0.25) is 0 Å². The molecule has 1 aromatic rings. The maximum absolute atomic E-state index is 11.3. The molecule has 18 heavy (non-hydrogen) atoms. The summed E-state index contributed by atoms with van der Waals surface area (Å²) in [5, 5.41) is 8.68. The molecule has 0 spiro atoms. The second-order valence-electron chi connectivity index (χ2n) is 2.89. The number of carboxylic acids is 1. The highest BCUT2D eigenvalue weighted by Gasteiger charge is 2.01. The monoisotopic (exact) mass is 242 g/mol.